The maximum atomic E-state index is 6.03. The highest BCUT2D eigenvalue weighted by Crippen LogP contribution is 2.29. The summed E-state index contributed by atoms with van der Waals surface area (Å²) in [6, 6.07) is 0.830. The minimum absolute atomic E-state index is 0.361. The Bertz CT molecular complexity index is 236. The van der Waals surface area contributed by atoms with Gasteiger partial charge in [0, 0.05) is 19.1 Å². The third-order valence-corrected chi connectivity index (χ3v) is 5.40. The van der Waals surface area contributed by atoms with Crippen LogP contribution in [0.15, 0.2) is 0 Å². The molecule has 1 unspecified atom stereocenters. The van der Waals surface area contributed by atoms with Gasteiger partial charge in [-0.2, -0.15) is 0 Å². The second-order valence-corrected chi connectivity index (χ2v) is 6.33. The highest BCUT2D eigenvalue weighted by Gasteiger charge is 2.33. The van der Waals surface area contributed by atoms with Gasteiger partial charge in [0.15, 0.2) is 0 Å². The van der Waals surface area contributed by atoms with E-state index >= 15 is 0 Å². The molecule has 0 aromatic carbocycles. The molecule has 2 aliphatic rings. The van der Waals surface area contributed by atoms with Crippen molar-refractivity contribution in [2.45, 2.75) is 52.0 Å². The van der Waals surface area contributed by atoms with Crippen LogP contribution < -0.4 is 5.73 Å². The fourth-order valence-electron chi connectivity index (χ4n) is 3.66. The van der Waals surface area contributed by atoms with Crippen LogP contribution in [0, 0.1) is 5.41 Å². The molecule has 18 heavy (non-hydrogen) atoms. The summed E-state index contributed by atoms with van der Waals surface area (Å²) in [4.78, 5) is 5.38. The zero-order valence-corrected chi connectivity index (χ0v) is 12.3. The second-order valence-electron chi connectivity index (χ2n) is 6.33. The number of hydrogen-bond acceptors (Lipinski definition) is 3. The van der Waals surface area contributed by atoms with Gasteiger partial charge in [0.05, 0.1) is 0 Å². The van der Waals surface area contributed by atoms with Crippen molar-refractivity contribution in [3.8, 4) is 0 Å². The van der Waals surface area contributed by atoms with Crippen LogP contribution in [0.4, 0.5) is 0 Å². The lowest BCUT2D eigenvalue weighted by atomic mass is 9.82. The summed E-state index contributed by atoms with van der Waals surface area (Å²) >= 11 is 0. The van der Waals surface area contributed by atoms with Crippen LogP contribution in [0.2, 0.25) is 0 Å². The molecule has 0 aliphatic carbocycles. The summed E-state index contributed by atoms with van der Waals surface area (Å²) in [5, 5.41) is 0. The summed E-state index contributed by atoms with van der Waals surface area (Å²) in [5.41, 5.74) is 6.39. The molecule has 2 saturated heterocycles. The quantitative estimate of drug-likeness (QED) is 0.785. The Morgan fingerprint density at radius 2 is 1.78 bits per heavy atom. The van der Waals surface area contributed by atoms with Crippen molar-refractivity contribution in [3.63, 3.8) is 0 Å². The Labute approximate surface area is 113 Å². The van der Waals surface area contributed by atoms with Crippen LogP contribution in [0.5, 0.6) is 0 Å². The van der Waals surface area contributed by atoms with Crippen LogP contribution >= 0.6 is 0 Å². The first-order valence-electron chi connectivity index (χ1n) is 7.89. The smallest absolute Gasteiger partial charge is 0.0235 e. The van der Waals surface area contributed by atoms with Gasteiger partial charge in [-0.1, -0.05) is 13.8 Å². The first-order chi connectivity index (χ1) is 8.73. The van der Waals surface area contributed by atoms with Gasteiger partial charge in [-0.3, -0.25) is 4.90 Å². The molecular formula is C15H31N3. The van der Waals surface area contributed by atoms with Gasteiger partial charge >= 0.3 is 0 Å². The largest absolute Gasteiger partial charge is 0.330 e. The monoisotopic (exact) mass is 253 g/mol. The standard InChI is InChI=1S/C15H31N3/c1-3-15(4-2,12-16)13-17-10-7-14(11-17)18-8-5-6-9-18/h14H,3-13,16H2,1-2H3. The number of likely N-dealkylation sites (tertiary alicyclic amines) is 2. The van der Waals surface area contributed by atoms with E-state index in [0.717, 1.165) is 12.6 Å². The highest BCUT2D eigenvalue weighted by molar-refractivity contribution is 4.89. The third kappa shape index (κ3) is 3.06. The van der Waals surface area contributed by atoms with Gasteiger partial charge in [0.25, 0.3) is 0 Å². The molecule has 0 aromatic heterocycles. The summed E-state index contributed by atoms with van der Waals surface area (Å²) < 4.78 is 0. The van der Waals surface area contributed by atoms with E-state index < -0.39 is 0 Å². The van der Waals surface area contributed by atoms with E-state index in [1.165, 1.54) is 64.8 Å². The molecule has 2 rings (SSSR count). The number of nitrogens with two attached hydrogens (primary N) is 1. The summed E-state index contributed by atoms with van der Waals surface area (Å²) in [6.07, 6.45) is 6.62. The maximum Gasteiger partial charge on any atom is 0.0235 e. The van der Waals surface area contributed by atoms with Crippen molar-refractivity contribution in [2.75, 3.05) is 39.3 Å². The second kappa shape index (κ2) is 6.36. The van der Waals surface area contributed by atoms with Gasteiger partial charge in [0.1, 0.15) is 0 Å². The molecule has 0 radical (unpaired) electrons. The van der Waals surface area contributed by atoms with Crippen LogP contribution in [0.3, 0.4) is 0 Å². The SMILES string of the molecule is CCC(CC)(CN)CN1CCC(N2CCCC2)C1. The third-order valence-electron chi connectivity index (χ3n) is 5.40. The maximum absolute atomic E-state index is 6.03. The van der Waals surface area contributed by atoms with Crippen molar-refractivity contribution < 1.29 is 0 Å². The Hall–Kier alpha value is -0.120. The molecule has 0 saturated carbocycles. The number of nitrogens with zero attached hydrogens (tertiary/aromatic N) is 2. The summed E-state index contributed by atoms with van der Waals surface area (Å²) in [7, 11) is 0. The number of rotatable bonds is 6. The Morgan fingerprint density at radius 3 is 2.33 bits per heavy atom. The molecule has 2 heterocycles. The van der Waals surface area contributed by atoms with E-state index in [-0.39, 0.29) is 0 Å². The molecule has 0 spiro atoms. The zero-order valence-electron chi connectivity index (χ0n) is 12.3. The van der Waals surface area contributed by atoms with E-state index in [2.05, 4.69) is 23.6 Å². The van der Waals surface area contributed by atoms with Crippen LogP contribution in [-0.2, 0) is 0 Å². The van der Waals surface area contributed by atoms with Gasteiger partial charge in [0.2, 0.25) is 0 Å². The lowest BCUT2D eigenvalue weighted by Crippen LogP contribution is -2.42. The van der Waals surface area contributed by atoms with Crippen molar-refractivity contribution >= 4 is 0 Å². The van der Waals surface area contributed by atoms with E-state index in [9.17, 15) is 0 Å². The van der Waals surface area contributed by atoms with E-state index in [1.807, 2.05) is 0 Å². The minimum atomic E-state index is 0.361. The lowest BCUT2D eigenvalue weighted by Gasteiger charge is -2.35. The molecule has 3 nitrogen and oxygen atoms in total. The molecular weight excluding hydrogens is 222 g/mol. The molecule has 2 aliphatic heterocycles. The van der Waals surface area contributed by atoms with Gasteiger partial charge in [-0.05, 0) is 63.7 Å². The van der Waals surface area contributed by atoms with Crippen molar-refractivity contribution in [2.24, 2.45) is 11.1 Å². The Balaban J connectivity index is 1.84. The normalized spacial score (nSPS) is 27.2. The fourth-order valence-corrected chi connectivity index (χ4v) is 3.66. The molecule has 0 bridgehead atoms. The Kier molecular flexibility index (Phi) is 5.05. The molecule has 0 aromatic rings. The predicted octanol–water partition coefficient (Wildman–Crippen LogP) is 1.92. The van der Waals surface area contributed by atoms with Crippen LogP contribution in [-0.4, -0.2) is 55.1 Å². The topological polar surface area (TPSA) is 32.5 Å². The molecule has 0 amide bonds. The zero-order chi connectivity index (χ0) is 13.0. The number of hydrogen-bond donors (Lipinski definition) is 1. The van der Waals surface area contributed by atoms with Crippen molar-refractivity contribution in [3.05, 3.63) is 0 Å². The molecule has 2 N–H and O–H groups in total. The van der Waals surface area contributed by atoms with Crippen molar-refractivity contribution in [1.29, 1.82) is 0 Å². The molecule has 2 fully saturated rings. The van der Waals surface area contributed by atoms with E-state index in [1.54, 1.807) is 0 Å². The predicted molar refractivity (Wildman–Crippen MR) is 77.7 cm³/mol. The lowest BCUT2D eigenvalue weighted by molar-refractivity contribution is 0.153. The Morgan fingerprint density at radius 1 is 1.11 bits per heavy atom. The first kappa shape index (κ1) is 14.3. The summed E-state index contributed by atoms with van der Waals surface area (Å²) in [6.45, 7) is 11.9. The summed E-state index contributed by atoms with van der Waals surface area (Å²) in [5.74, 6) is 0. The van der Waals surface area contributed by atoms with E-state index in [4.69, 9.17) is 5.73 Å². The fraction of sp³-hybridized carbons (Fsp3) is 1.00. The van der Waals surface area contributed by atoms with Crippen LogP contribution in [0.25, 0.3) is 0 Å². The molecule has 3 heteroatoms. The van der Waals surface area contributed by atoms with Gasteiger partial charge in [-0.25, -0.2) is 0 Å². The molecule has 106 valence electrons. The average molecular weight is 253 g/mol. The van der Waals surface area contributed by atoms with Gasteiger partial charge < -0.3 is 10.6 Å². The highest BCUT2D eigenvalue weighted by atomic mass is 15.3. The molecule has 1 atom stereocenters. The van der Waals surface area contributed by atoms with Gasteiger partial charge in [-0.15, -0.1) is 0 Å². The van der Waals surface area contributed by atoms with Crippen LogP contribution in [0.1, 0.15) is 46.0 Å². The minimum Gasteiger partial charge on any atom is -0.330 e. The first-order valence-corrected chi connectivity index (χ1v) is 7.89. The average Bonchev–Trinajstić information content (AvgIpc) is 3.07. The van der Waals surface area contributed by atoms with E-state index in [0.29, 0.717) is 5.41 Å². The van der Waals surface area contributed by atoms with Crippen molar-refractivity contribution in [1.82, 2.24) is 9.80 Å².